The van der Waals surface area contributed by atoms with Crippen LogP contribution in [0.15, 0.2) is 35.6 Å². The minimum absolute atomic E-state index is 0.414. The molecule has 2 aromatic rings. The van der Waals surface area contributed by atoms with Crippen LogP contribution in [0.4, 0.5) is 0 Å². The lowest BCUT2D eigenvalue weighted by molar-refractivity contribution is 1.05. The van der Waals surface area contributed by atoms with Gasteiger partial charge in [0.2, 0.25) is 0 Å². The highest BCUT2D eigenvalue weighted by molar-refractivity contribution is 5.79. The van der Waals surface area contributed by atoms with Crippen LogP contribution in [0, 0.1) is 0 Å². The molecule has 2 rings (SSSR count). The zero-order valence-corrected chi connectivity index (χ0v) is 6.94. The van der Waals surface area contributed by atoms with E-state index in [1.54, 1.807) is 0 Å². The van der Waals surface area contributed by atoms with Gasteiger partial charge in [-0.3, -0.25) is 0 Å². The van der Waals surface area contributed by atoms with E-state index < -0.39 is 0 Å². The van der Waals surface area contributed by atoms with E-state index in [-0.39, 0.29) is 0 Å². The van der Waals surface area contributed by atoms with E-state index in [4.69, 9.17) is 5.53 Å². The molecule has 0 saturated carbocycles. The third-order valence-corrected chi connectivity index (χ3v) is 1.93. The molecule has 0 aliphatic heterocycles. The molecular weight excluding hydrogens is 164 g/mol. The first-order chi connectivity index (χ1) is 6.40. The SMILES string of the molecule is [N-]=[N+]=NCc1ccc2[nH]ccc2c1. The number of benzene rings is 1. The average Bonchev–Trinajstić information content (AvgIpc) is 2.61. The maximum absolute atomic E-state index is 8.15. The Balaban J connectivity index is 2.42. The third kappa shape index (κ3) is 1.48. The lowest BCUT2D eigenvalue weighted by Crippen LogP contribution is -1.78. The molecular formula is C9H8N4. The fraction of sp³-hybridized carbons (Fsp3) is 0.111. The van der Waals surface area contributed by atoms with Gasteiger partial charge in [-0.05, 0) is 34.7 Å². The van der Waals surface area contributed by atoms with E-state index in [0.717, 1.165) is 16.5 Å². The van der Waals surface area contributed by atoms with Gasteiger partial charge in [0.15, 0.2) is 0 Å². The topological polar surface area (TPSA) is 64.6 Å². The monoisotopic (exact) mass is 172 g/mol. The Bertz CT molecular complexity index is 465. The van der Waals surface area contributed by atoms with Gasteiger partial charge in [-0.15, -0.1) is 0 Å². The number of hydrogen-bond donors (Lipinski definition) is 1. The second-order valence-corrected chi connectivity index (χ2v) is 2.79. The van der Waals surface area contributed by atoms with E-state index in [1.165, 1.54) is 0 Å². The Hall–Kier alpha value is -1.93. The maximum atomic E-state index is 8.15. The molecule has 1 N–H and O–H groups in total. The van der Waals surface area contributed by atoms with Crippen LogP contribution < -0.4 is 0 Å². The highest BCUT2D eigenvalue weighted by Gasteiger charge is 1.95. The van der Waals surface area contributed by atoms with Crippen LogP contribution in [0.2, 0.25) is 0 Å². The molecule has 0 fully saturated rings. The van der Waals surface area contributed by atoms with Crippen LogP contribution in [0.3, 0.4) is 0 Å². The fourth-order valence-electron chi connectivity index (χ4n) is 1.31. The summed E-state index contributed by atoms with van der Waals surface area (Å²) in [5.74, 6) is 0. The molecule has 0 radical (unpaired) electrons. The number of aromatic nitrogens is 1. The number of aromatic amines is 1. The zero-order chi connectivity index (χ0) is 9.10. The van der Waals surface area contributed by atoms with Crippen LogP contribution in [-0.4, -0.2) is 4.98 Å². The first-order valence-electron chi connectivity index (χ1n) is 3.97. The molecule has 64 valence electrons. The van der Waals surface area contributed by atoms with E-state index >= 15 is 0 Å². The number of fused-ring (bicyclic) bond motifs is 1. The van der Waals surface area contributed by atoms with Crippen LogP contribution in [0.1, 0.15) is 5.56 Å². The largest absolute Gasteiger partial charge is 0.361 e. The Kier molecular flexibility index (Phi) is 1.90. The van der Waals surface area contributed by atoms with E-state index in [9.17, 15) is 0 Å². The van der Waals surface area contributed by atoms with Gasteiger partial charge >= 0.3 is 0 Å². The number of hydrogen-bond acceptors (Lipinski definition) is 1. The summed E-state index contributed by atoms with van der Waals surface area (Å²) < 4.78 is 0. The molecule has 1 aromatic carbocycles. The smallest absolute Gasteiger partial charge is 0.0511 e. The predicted octanol–water partition coefficient (Wildman–Crippen LogP) is 2.98. The normalized spacial score (nSPS) is 9.85. The Morgan fingerprint density at radius 1 is 1.38 bits per heavy atom. The fourth-order valence-corrected chi connectivity index (χ4v) is 1.31. The molecule has 0 atom stereocenters. The Labute approximate surface area is 74.8 Å². The van der Waals surface area contributed by atoms with Crippen molar-refractivity contribution in [2.75, 3.05) is 0 Å². The molecule has 1 heterocycles. The average molecular weight is 172 g/mol. The van der Waals surface area contributed by atoms with Gasteiger partial charge in [0.25, 0.3) is 0 Å². The molecule has 0 amide bonds. The van der Waals surface area contributed by atoms with Crippen LogP contribution in [0.5, 0.6) is 0 Å². The molecule has 13 heavy (non-hydrogen) atoms. The standard InChI is InChI=1S/C9H8N4/c10-13-12-6-7-1-2-9-8(5-7)3-4-11-9/h1-5,11H,6H2. The van der Waals surface area contributed by atoms with Crippen molar-refractivity contribution in [3.05, 3.63) is 46.5 Å². The molecule has 4 nitrogen and oxygen atoms in total. The first kappa shape index (κ1) is 7.71. The van der Waals surface area contributed by atoms with E-state index in [1.807, 2.05) is 30.5 Å². The highest BCUT2D eigenvalue weighted by Crippen LogP contribution is 2.14. The van der Waals surface area contributed by atoms with Crippen LogP contribution in [0.25, 0.3) is 21.3 Å². The van der Waals surface area contributed by atoms with Crippen LogP contribution >= 0.6 is 0 Å². The molecule has 0 unspecified atom stereocenters. The second kappa shape index (κ2) is 3.21. The molecule has 0 saturated heterocycles. The lowest BCUT2D eigenvalue weighted by Gasteiger charge is -1.95. The van der Waals surface area contributed by atoms with E-state index in [2.05, 4.69) is 15.0 Å². The quantitative estimate of drug-likeness (QED) is 0.411. The minimum atomic E-state index is 0.414. The Morgan fingerprint density at radius 2 is 2.31 bits per heavy atom. The van der Waals surface area contributed by atoms with Crippen molar-refractivity contribution in [3.63, 3.8) is 0 Å². The van der Waals surface area contributed by atoms with Crippen molar-refractivity contribution in [2.45, 2.75) is 6.54 Å². The van der Waals surface area contributed by atoms with Crippen molar-refractivity contribution in [3.8, 4) is 0 Å². The summed E-state index contributed by atoms with van der Waals surface area (Å²) in [6.45, 7) is 0.414. The summed E-state index contributed by atoms with van der Waals surface area (Å²) >= 11 is 0. The molecule has 0 bridgehead atoms. The second-order valence-electron chi connectivity index (χ2n) is 2.79. The van der Waals surface area contributed by atoms with Crippen molar-refractivity contribution < 1.29 is 0 Å². The minimum Gasteiger partial charge on any atom is -0.361 e. The summed E-state index contributed by atoms with van der Waals surface area (Å²) in [5.41, 5.74) is 10.3. The van der Waals surface area contributed by atoms with Crippen LogP contribution in [-0.2, 0) is 6.54 Å². The number of nitrogens with one attached hydrogen (secondary N) is 1. The number of azide groups is 1. The van der Waals surface area contributed by atoms with Crippen molar-refractivity contribution in [2.24, 2.45) is 5.11 Å². The van der Waals surface area contributed by atoms with Crippen molar-refractivity contribution in [1.29, 1.82) is 0 Å². The van der Waals surface area contributed by atoms with Crippen molar-refractivity contribution >= 4 is 10.9 Å². The van der Waals surface area contributed by atoms with Gasteiger partial charge in [-0.1, -0.05) is 11.2 Å². The first-order valence-corrected chi connectivity index (χ1v) is 3.97. The Morgan fingerprint density at radius 3 is 3.15 bits per heavy atom. The van der Waals surface area contributed by atoms with E-state index in [0.29, 0.717) is 6.54 Å². The molecule has 1 aromatic heterocycles. The third-order valence-electron chi connectivity index (χ3n) is 1.93. The van der Waals surface area contributed by atoms with Gasteiger partial charge in [-0.25, -0.2) is 0 Å². The lowest BCUT2D eigenvalue weighted by atomic mass is 10.1. The summed E-state index contributed by atoms with van der Waals surface area (Å²) in [6, 6.07) is 7.94. The van der Waals surface area contributed by atoms with Gasteiger partial charge in [0, 0.05) is 16.6 Å². The summed E-state index contributed by atoms with van der Waals surface area (Å²) in [5, 5.41) is 4.65. The number of nitrogens with zero attached hydrogens (tertiary/aromatic N) is 3. The zero-order valence-electron chi connectivity index (χ0n) is 6.94. The highest BCUT2D eigenvalue weighted by atomic mass is 15.1. The van der Waals surface area contributed by atoms with Gasteiger partial charge in [-0.2, -0.15) is 0 Å². The molecule has 0 spiro atoms. The molecule has 0 aliphatic rings. The summed E-state index contributed by atoms with van der Waals surface area (Å²) in [4.78, 5) is 5.82. The van der Waals surface area contributed by atoms with Gasteiger partial charge in [0.1, 0.15) is 0 Å². The maximum Gasteiger partial charge on any atom is 0.0511 e. The van der Waals surface area contributed by atoms with Gasteiger partial charge in [0.05, 0.1) is 6.54 Å². The van der Waals surface area contributed by atoms with Gasteiger partial charge < -0.3 is 4.98 Å². The predicted molar refractivity (Wildman–Crippen MR) is 51.1 cm³/mol. The summed E-state index contributed by atoms with van der Waals surface area (Å²) in [6.07, 6.45) is 1.89. The molecule has 4 heteroatoms. The molecule has 0 aliphatic carbocycles. The number of rotatable bonds is 2. The van der Waals surface area contributed by atoms with Crippen molar-refractivity contribution in [1.82, 2.24) is 4.98 Å². The summed E-state index contributed by atoms with van der Waals surface area (Å²) in [7, 11) is 0. The number of H-pyrrole nitrogens is 1.